The maximum Gasteiger partial charge on any atom is 0.0626 e. The van der Waals surface area contributed by atoms with Crippen LogP contribution in [0, 0.1) is 0 Å². The minimum absolute atomic E-state index is 0.489. The topological polar surface area (TPSA) is 0 Å². The van der Waals surface area contributed by atoms with Gasteiger partial charge in [0.25, 0.3) is 0 Å². The third-order valence-corrected chi connectivity index (χ3v) is 4.89. The average molecular weight is 193 g/mol. The monoisotopic (exact) mass is 196 g/mol. The van der Waals surface area contributed by atoms with Gasteiger partial charge in [-0.2, -0.15) is 5.01 Å². The molecule has 16 heavy (non-hydrogen) atoms. The lowest BCUT2D eigenvalue weighted by molar-refractivity contribution is 1.60. The van der Waals surface area contributed by atoms with E-state index in [9.17, 15) is 0 Å². The number of rotatable bonds is 6. The maximum absolute atomic E-state index is 2.42. The van der Waals surface area contributed by atoms with Crippen LogP contribution in [-0.2, 0) is 0 Å². The summed E-state index contributed by atoms with van der Waals surface area (Å²) >= 11 is 0. The summed E-state index contributed by atoms with van der Waals surface area (Å²) in [6.07, 6.45) is 0.789. The summed E-state index contributed by atoms with van der Waals surface area (Å²) in [5.74, 6) is 0. The molecule has 0 rings (SSSR count). The molecule has 0 aromatic heterocycles. The fourth-order valence-corrected chi connectivity index (χ4v) is 4.69. The minimum atomic E-state index is 0.489. The predicted octanol–water partition coefficient (Wildman–Crippen LogP) is -10.6. The lowest BCUT2D eigenvalue weighted by atomic mass is 8.60. The summed E-state index contributed by atoms with van der Waals surface area (Å²) in [5.41, 5.74) is 0. The van der Waals surface area contributed by atoms with Crippen LogP contribution in [0.5, 0.6) is 0 Å². The Balaban J connectivity index is 5.49. The molecule has 0 spiro atoms. The van der Waals surface area contributed by atoms with Crippen molar-refractivity contribution in [2.45, 2.75) is 5.01 Å². The molecule has 0 fully saturated rings. The second kappa shape index (κ2) is 6.79. The fraction of sp³-hybridized carbons (Fsp3) is 1.00. The Bertz CT molecular complexity index is 170. The Morgan fingerprint density at radius 1 is 0.688 bits per heavy atom. The molecule has 0 saturated heterocycles. The van der Waals surface area contributed by atoms with Crippen LogP contribution >= 0.6 is 0 Å². The standard InChI is InChI=1S/CH19B15/c2-11-15(16(9)10)1(12(3)4,13(5)6)14(7)8/h11H,2-10H2. The molecule has 15 heteroatoms. The third-order valence-electron chi connectivity index (χ3n) is 4.89. The van der Waals surface area contributed by atoms with Crippen molar-refractivity contribution in [3.8, 4) is 0 Å². The van der Waals surface area contributed by atoms with Crippen LogP contribution in [0.1, 0.15) is 0 Å². The van der Waals surface area contributed by atoms with E-state index in [0.29, 0.717) is 5.01 Å². The molecule has 0 nitrogen and oxygen atoms in total. The highest BCUT2D eigenvalue weighted by atomic mass is 13.8. The van der Waals surface area contributed by atoms with Gasteiger partial charge in [-0.05, 0) is 0 Å². The first-order valence-electron chi connectivity index (χ1n) is 7.22. The molecule has 0 aliphatic heterocycles. The van der Waals surface area contributed by atoms with E-state index in [1.807, 2.05) is 0 Å². The molecule has 0 bridgehead atoms. The van der Waals surface area contributed by atoms with Crippen molar-refractivity contribution in [3.63, 3.8) is 0 Å². The SMILES string of the molecule is BBB(B(B)B)C(B(B)B)(B(B)B)B(B)B. The quantitative estimate of drug-likeness (QED) is 0.368. The highest BCUT2D eigenvalue weighted by Crippen LogP contribution is 2.32. The van der Waals surface area contributed by atoms with Crippen molar-refractivity contribution in [3.05, 3.63) is 0 Å². The summed E-state index contributed by atoms with van der Waals surface area (Å²) in [4.78, 5) is 0. The van der Waals surface area contributed by atoms with E-state index in [1.54, 1.807) is 0 Å². The molecule has 0 aromatic rings. The van der Waals surface area contributed by atoms with Crippen molar-refractivity contribution >= 4 is 109 Å². The first-order valence-corrected chi connectivity index (χ1v) is 7.22. The van der Waals surface area contributed by atoms with Crippen LogP contribution in [0.3, 0.4) is 0 Å². The minimum Gasteiger partial charge on any atom is -0.165 e. The van der Waals surface area contributed by atoms with Gasteiger partial charge in [-0.3, -0.25) is 0 Å². The van der Waals surface area contributed by atoms with E-state index in [4.69, 9.17) is 0 Å². The third kappa shape index (κ3) is 3.05. The highest BCUT2D eigenvalue weighted by molar-refractivity contribution is 7.80. The smallest absolute Gasteiger partial charge is 0.0626 e. The van der Waals surface area contributed by atoms with Gasteiger partial charge >= 0.3 is 0 Å². The van der Waals surface area contributed by atoms with E-state index >= 15 is 0 Å². The normalized spacial score (nSPS) is 10.2. The molecule has 68 valence electrons. The van der Waals surface area contributed by atoms with Crippen molar-refractivity contribution in [1.29, 1.82) is 0 Å². The molecular formula is CH19B15. The first kappa shape index (κ1) is 17.0. The molecular weight excluding hydrogens is 174 g/mol. The number of hydrogen-bond acceptors (Lipinski definition) is 0. The van der Waals surface area contributed by atoms with Crippen LogP contribution < -0.4 is 0 Å². The van der Waals surface area contributed by atoms with E-state index in [-0.39, 0.29) is 0 Å². The van der Waals surface area contributed by atoms with Crippen LogP contribution in [-0.4, -0.2) is 109 Å². The summed E-state index contributed by atoms with van der Waals surface area (Å²) < 4.78 is 0. The second-order valence-corrected chi connectivity index (χ2v) is 6.72. The summed E-state index contributed by atoms with van der Waals surface area (Å²) in [7, 11) is 23.0. The molecule has 0 aliphatic rings. The van der Waals surface area contributed by atoms with Gasteiger partial charge in [0.2, 0.25) is 0 Å². The predicted molar refractivity (Wildman–Crippen MR) is 116 cm³/mol. The fourth-order valence-electron chi connectivity index (χ4n) is 4.69. The largest absolute Gasteiger partial charge is 0.165 e. The van der Waals surface area contributed by atoms with E-state index in [2.05, 4.69) is 69.6 Å². The molecule has 0 N–H and O–H groups in total. The van der Waals surface area contributed by atoms with Crippen LogP contribution in [0.25, 0.3) is 0 Å². The van der Waals surface area contributed by atoms with Gasteiger partial charge in [0, 0.05) is 39.4 Å². The van der Waals surface area contributed by atoms with E-state index in [1.165, 1.54) is 7.06 Å². The summed E-state index contributed by atoms with van der Waals surface area (Å²) in [5, 5.41) is 0.489. The molecule has 0 amide bonds. The average Bonchev–Trinajstić information content (AvgIpc) is 2.10. The Morgan fingerprint density at radius 3 is 1.06 bits per heavy atom. The molecule has 0 radical (unpaired) electrons. The van der Waals surface area contributed by atoms with Gasteiger partial charge in [0.05, 0.1) is 69.6 Å². The highest BCUT2D eigenvalue weighted by Gasteiger charge is 2.48. The molecule has 0 unspecified atom stereocenters. The Kier molecular flexibility index (Phi) is 7.20. The van der Waals surface area contributed by atoms with Gasteiger partial charge in [-0.15, -0.1) is 0 Å². The van der Waals surface area contributed by atoms with Gasteiger partial charge < -0.3 is 0 Å². The zero-order chi connectivity index (χ0) is 13.1. The lowest BCUT2D eigenvalue weighted by Crippen LogP contribution is -2.71. The first-order chi connectivity index (χ1) is 7.22. The van der Waals surface area contributed by atoms with Crippen LogP contribution in [0.2, 0.25) is 5.01 Å². The van der Waals surface area contributed by atoms with Crippen molar-refractivity contribution < 1.29 is 0 Å². The van der Waals surface area contributed by atoms with Gasteiger partial charge in [-0.1, -0.05) is 0 Å². The molecule has 0 saturated carbocycles. The van der Waals surface area contributed by atoms with Crippen LogP contribution in [0.15, 0.2) is 0 Å². The summed E-state index contributed by atoms with van der Waals surface area (Å²) in [6.45, 7) is 3.13. The van der Waals surface area contributed by atoms with Crippen molar-refractivity contribution in [2.24, 2.45) is 0 Å². The zero-order valence-corrected chi connectivity index (χ0v) is 13.1. The molecule has 0 aromatic carbocycles. The van der Waals surface area contributed by atoms with E-state index < -0.39 is 0 Å². The molecule has 0 heterocycles. The Morgan fingerprint density at radius 2 is 1.00 bits per heavy atom. The Labute approximate surface area is 114 Å². The second-order valence-electron chi connectivity index (χ2n) is 6.72. The number of hydrogen-bond donors (Lipinski definition) is 0. The van der Waals surface area contributed by atoms with Gasteiger partial charge in [0.15, 0.2) is 0 Å². The van der Waals surface area contributed by atoms with Crippen molar-refractivity contribution in [1.82, 2.24) is 0 Å². The Hall–Kier alpha value is 0.974. The van der Waals surface area contributed by atoms with Gasteiger partial charge in [-0.25, -0.2) is 0 Å². The zero-order valence-electron chi connectivity index (χ0n) is 13.1. The van der Waals surface area contributed by atoms with Crippen molar-refractivity contribution in [2.75, 3.05) is 0 Å². The van der Waals surface area contributed by atoms with Gasteiger partial charge in [0.1, 0.15) is 0 Å². The van der Waals surface area contributed by atoms with E-state index in [0.717, 1.165) is 32.4 Å². The molecule has 0 aliphatic carbocycles. The lowest BCUT2D eigenvalue weighted by Gasteiger charge is -2.51. The van der Waals surface area contributed by atoms with Crippen LogP contribution in [0.4, 0.5) is 0 Å². The summed E-state index contributed by atoms with van der Waals surface area (Å²) in [6, 6.07) is 0. The molecule has 0 atom stereocenters. The maximum atomic E-state index is 2.42.